The zero-order valence-corrected chi connectivity index (χ0v) is 19.4. The summed E-state index contributed by atoms with van der Waals surface area (Å²) in [4.78, 5) is 16.5. The minimum absolute atomic E-state index is 0.00975. The van der Waals surface area contributed by atoms with E-state index in [1.807, 2.05) is 6.07 Å². The van der Waals surface area contributed by atoms with Crippen LogP contribution in [0.2, 0.25) is 0 Å². The van der Waals surface area contributed by atoms with E-state index in [1.165, 1.54) is 28.9 Å². The molecule has 0 radical (unpaired) electrons. The van der Waals surface area contributed by atoms with Crippen LogP contribution in [0.3, 0.4) is 0 Å². The molecular weight excluding hydrogens is 478 g/mol. The molecule has 4 rings (SSSR count). The number of hydrogen-bond acceptors (Lipinski definition) is 5. The van der Waals surface area contributed by atoms with Crippen LogP contribution in [-0.2, 0) is 17.1 Å². The highest BCUT2D eigenvalue weighted by atomic mass is 32.2. The van der Waals surface area contributed by atoms with Crippen molar-refractivity contribution >= 4 is 27.3 Å². The van der Waals surface area contributed by atoms with Crippen molar-refractivity contribution in [3.63, 3.8) is 0 Å². The first-order chi connectivity index (χ1) is 16.6. The summed E-state index contributed by atoms with van der Waals surface area (Å²) in [5, 5.41) is 12.7. The van der Waals surface area contributed by atoms with Crippen molar-refractivity contribution in [2.75, 3.05) is 4.72 Å². The van der Waals surface area contributed by atoms with Gasteiger partial charge in [0.25, 0.3) is 15.6 Å². The Hall–Kier alpha value is -4.25. The van der Waals surface area contributed by atoms with E-state index in [0.717, 1.165) is 6.07 Å². The molecular formula is C24H19F2N4O4S-. The van der Waals surface area contributed by atoms with Gasteiger partial charge >= 0.3 is 0 Å². The molecule has 0 amide bonds. The molecule has 1 aromatic heterocycles. The van der Waals surface area contributed by atoms with E-state index in [0.29, 0.717) is 23.5 Å². The maximum Gasteiger partial charge on any atom is 0.297 e. The van der Waals surface area contributed by atoms with Gasteiger partial charge in [-0.05, 0) is 60.8 Å². The molecule has 0 aliphatic rings. The van der Waals surface area contributed by atoms with Crippen LogP contribution in [0, 0.1) is 18.6 Å². The first-order valence-electron chi connectivity index (χ1n) is 10.3. The fourth-order valence-electron chi connectivity index (χ4n) is 3.39. The van der Waals surface area contributed by atoms with E-state index in [1.54, 1.807) is 42.9 Å². The molecule has 4 aromatic rings. The van der Waals surface area contributed by atoms with Crippen molar-refractivity contribution in [3.05, 3.63) is 106 Å². The average molecular weight is 498 g/mol. The molecule has 8 nitrogen and oxygen atoms in total. The maximum atomic E-state index is 13.4. The topological polar surface area (TPSA) is 109 Å². The van der Waals surface area contributed by atoms with E-state index >= 15 is 0 Å². The number of para-hydroxylation sites is 1. The van der Waals surface area contributed by atoms with Crippen molar-refractivity contribution in [2.24, 2.45) is 12.0 Å². The van der Waals surface area contributed by atoms with Gasteiger partial charge < -0.3 is 5.11 Å². The van der Waals surface area contributed by atoms with E-state index < -0.39 is 38.0 Å². The normalized spacial score (nSPS) is 12.1. The number of hydrogen-bond donors (Lipinski definition) is 1. The summed E-state index contributed by atoms with van der Waals surface area (Å²) < 4.78 is 56.6. The van der Waals surface area contributed by atoms with Crippen LogP contribution < -0.4 is 15.4 Å². The lowest BCUT2D eigenvalue weighted by Crippen LogP contribution is -2.21. The molecule has 180 valence electrons. The summed E-state index contributed by atoms with van der Waals surface area (Å²) in [5.41, 5.74) is 0.853. The maximum absolute atomic E-state index is 13.4. The third-order valence-electron chi connectivity index (χ3n) is 5.32. The number of aliphatic imine (C=N–C) groups is 1. The molecule has 0 atom stereocenters. The highest BCUT2D eigenvalue weighted by Gasteiger charge is 2.17. The standard InChI is InChI=1S/C24H20F2N4O4S/c1-15-22(24(32)30(29(15)2)18-6-4-3-5-7-18)27-23(31)16-8-10-17(11-9-16)28-35(33,34)19-12-13-20(25)21(26)14-19/h3-14,28H,1-2H3,(H,27,31)/p-1. The predicted octanol–water partition coefficient (Wildman–Crippen LogP) is 3.00. The molecule has 0 fully saturated rings. The summed E-state index contributed by atoms with van der Waals surface area (Å²) in [6, 6.07) is 16.4. The second-order valence-electron chi connectivity index (χ2n) is 7.59. The van der Waals surface area contributed by atoms with Gasteiger partial charge in [0, 0.05) is 12.7 Å². The molecule has 1 N–H and O–H groups in total. The van der Waals surface area contributed by atoms with Gasteiger partial charge in [-0.1, -0.05) is 30.3 Å². The van der Waals surface area contributed by atoms with Gasteiger partial charge in [0.05, 0.1) is 16.3 Å². The number of anilines is 1. The average Bonchev–Trinajstić information content (AvgIpc) is 3.04. The third-order valence-corrected chi connectivity index (χ3v) is 6.70. The highest BCUT2D eigenvalue weighted by Crippen LogP contribution is 2.20. The highest BCUT2D eigenvalue weighted by molar-refractivity contribution is 7.92. The van der Waals surface area contributed by atoms with Gasteiger partial charge in [0.15, 0.2) is 17.3 Å². The van der Waals surface area contributed by atoms with Crippen LogP contribution in [0.5, 0.6) is 0 Å². The Bertz CT molecular complexity index is 1590. The summed E-state index contributed by atoms with van der Waals surface area (Å²) in [6.07, 6.45) is 0. The Labute approximate surface area is 199 Å². The van der Waals surface area contributed by atoms with Crippen molar-refractivity contribution < 1.29 is 22.3 Å². The van der Waals surface area contributed by atoms with Gasteiger partial charge in [0.2, 0.25) is 0 Å². The summed E-state index contributed by atoms with van der Waals surface area (Å²) in [6.45, 7) is 1.67. The Kier molecular flexibility index (Phi) is 6.27. The van der Waals surface area contributed by atoms with Crippen LogP contribution in [-0.4, -0.2) is 23.7 Å². The molecule has 3 aromatic carbocycles. The summed E-state index contributed by atoms with van der Waals surface area (Å²) >= 11 is 0. The lowest BCUT2D eigenvalue weighted by atomic mass is 10.2. The number of sulfonamides is 1. The summed E-state index contributed by atoms with van der Waals surface area (Å²) in [5.74, 6) is -3.15. The Balaban J connectivity index is 1.60. The van der Waals surface area contributed by atoms with Gasteiger partial charge in [-0.2, -0.15) is 0 Å². The van der Waals surface area contributed by atoms with Crippen molar-refractivity contribution in [1.29, 1.82) is 0 Å². The monoisotopic (exact) mass is 497 g/mol. The molecule has 11 heteroatoms. The number of rotatable bonds is 6. The lowest BCUT2D eigenvalue weighted by molar-refractivity contribution is -0.212. The quantitative estimate of drug-likeness (QED) is 0.326. The lowest BCUT2D eigenvalue weighted by Gasteiger charge is -2.12. The molecule has 0 unspecified atom stereocenters. The molecule has 0 bridgehead atoms. The smallest absolute Gasteiger partial charge is 0.297 e. The number of nitrogens with zero attached hydrogens (tertiary/aromatic N) is 3. The molecule has 35 heavy (non-hydrogen) atoms. The second kappa shape index (κ2) is 9.18. The zero-order valence-electron chi connectivity index (χ0n) is 18.6. The largest absolute Gasteiger partial charge is 0.858 e. The first-order valence-corrected chi connectivity index (χ1v) is 11.7. The Morgan fingerprint density at radius 2 is 1.63 bits per heavy atom. The molecule has 0 saturated heterocycles. The molecule has 0 aliphatic heterocycles. The van der Waals surface area contributed by atoms with E-state index in [4.69, 9.17) is 0 Å². The van der Waals surface area contributed by atoms with Crippen LogP contribution in [0.25, 0.3) is 5.69 Å². The van der Waals surface area contributed by atoms with Crippen molar-refractivity contribution in [2.45, 2.75) is 11.8 Å². The Morgan fingerprint density at radius 1 is 0.971 bits per heavy atom. The van der Waals surface area contributed by atoms with Gasteiger partial charge in [-0.15, -0.1) is 0 Å². The number of benzene rings is 3. The molecule has 0 aliphatic carbocycles. The minimum Gasteiger partial charge on any atom is -0.858 e. The fourth-order valence-corrected chi connectivity index (χ4v) is 4.46. The van der Waals surface area contributed by atoms with E-state index in [2.05, 4.69) is 9.71 Å². The van der Waals surface area contributed by atoms with Crippen LogP contribution in [0.1, 0.15) is 11.3 Å². The molecule has 0 saturated carbocycles. The van der Waals surface area contributed by atoms with Crippen molar-refractivity contribution in [1.82, 2.24) is 9.36 Å². The van der Waals surface area contributed by atoms with Crippen LogP contribution in [0.4, 0.5) is 20.2 Å². The first kappa shape index (κ1) is 23.9. The fraction of sp³-hybridized carbons (Fsp3) is 0.0833. The van der Waals surface area contributed by atoms with Gasteiger partial charge in [0.1, 0.15) is 0 Å². The summed E-state index contributed by atoms with van der Waals surface area (Å²) in [7, 11) is -2.50. The minimum atomic E-state index is -4.19. The van der Waals surface area contributed by atoms with E-state index in [-0.39, 0.29) is 16.9 Å². The van der Waals surface area contributed by atoms with Crippen LogP contribution >= 0.6 is 0 Å². The third kappa shape index (κ3) is 4.71. The van der Waals surface area contributed by atoms with Gasteiger partial charge in [-0.3, -0.25) is 19.2 Å². The van der Waals surface area contributed by atoms with Crippen molar-refractivity contribution in [3.8, 4) is 5.69 Å². The van der Waals surface area contributed by atoms with Crippen LogP contribution in [0.15, 0.2) is 87.5 Å². The van der Waals surface area contributed by atoms with Gasteiger partial charge in [-0.25, -0.2) is 21.9 Å². The zero-order chi connectivity index (χ0) is 25.3. The number of nitrogens with one attached hydrogen (secondary N) is 1. The van der Waals surface area contributed by atoms with E-state index in [9.17, 15) is 27.1 Å². The predicted molar refractivity (Wildman–Crippen MR) is 126 cm³/mol. The number of aromatic nitrogens is 2. The second-order valence-corrected chi connectivity index (χ2v) is 9.27. The number of halogens is 2. The SMILES string of the molecule is Cc1c(N=C([O-])c2ccc(NS(=O)(=O)c3ccc(F)c(F)c3)cc2)c(=O)n(-c2ccccc2)n1C. The Morgan fingerprint density at radius 3 is 2.26 bits per heavy atom. The molecule has 0 spiro atoms. The molecule has 1 heterocycles.